The SMILES string of the molecule is C=CC[C@H]1C=CC(=O)N1S(=O)(=O)c1ccc(C)cc1.[C-]#[O+].[C-]#[O+].[C-]#[O+].[C-]#[O+].[Fe]. The molecule has 1 aliphatic rings. The summed E-state index contributed by atoms with van der Waals surface area (Å²) >= 11 is 0. The molecule has 0 saturated heterocycles. The van der Waals surface area contributed by atoms with Gasteiger partial charge in [0, 0.05) is 23.1 Å². The number of nitrogens with zero attached hydrogens (tertiary/aromatic N) is 1. The summed E-state index contributed by atoms with van der Waals surface area (Å²) in [4.78, 5) is 11.9. The van der Waals surface area contributed by atoms with Crippen molar-refractivity contribution in [3.63, 3.8) is 0 Å². The summed E-state index contributed by atoms with van der Waals surface area (Å²) in [5.74, 6) is -0.507. The van der Waals surface area contributed by atoms with Crippen molar-refractivity contribution in [3.05, 3.63) is 81.2 Å². The van der Waals surface area contributed by atoms with Gasteiger partial charge in [-0.05, 0) is 25.5 Å². The predicted octanol–water partition coefficient (Wildman–Crippen LogP) is 1.87. The van der Waals surface area contributed by atoms with Crippen molar-refractivity contribution in [2.75, 3.05) is 0 Å². The molecule has 0 aliphatic carbocycles. The van der Waals surface area contributed by atoms with Gasteiger partial charge >= 0.3 is 45.2 Å². The minimum Gasteiger partial charge on any atom is 0 e. The first-order valence-corrected chi connectivity index (χ1v) is 8.16. The normalized spacial score (nSPS) is 13.1. The van der Waals surface area contributed by atoms with Crippen LogP contribution in [0.5, 0.6) is 0 Å². The zero-order valence-electron chi connectivity index (χ0n) is 14.6. The van der Waals surface area contributed by atoms with Crippen LogP contribution in [0.2, 0.25) is 0 Å². The van der Waals surface area contributed by atoms with Gasteiger partial charge in [-0.25, -0.2) is 12.7 Å². The molecule has 1 aromatic rings. The quantitative estimate of drug-likeness (QED) is 0.303. The Balaban J connectivity index is -0.000000285. The summed E-state index contributed by atoms with van der Waals surface area (Å²) in [5, 5.41) is 0. The van der Waals surface area contributed by atoms with Crippen molar-refractivity contribution in [3.8, 4) is 0 Å². The number of hydrogen-bond donors (Lipinski definition) is 0. The van der Waals surface area contributed by atoms with E-state index in [1.807, 2.05) is 6.92 Å². The van der Waals surface area contributed by atoms with Crippen LogP contribution in [-0.4, -0.2) is 24.7 Å². The molecule has 28 heavy (non-hydrogen) atoms. The number of benzene rings is 1. The van der Waals surface area contributed by atoms with Crippen LogP contribution in [0.1, 0.15) is 12.0 Å². The van der Waals surface area contributed by atoms with E-state index in [2.05, 4.69) is 33.2 Å². The molecule has 0 fully saturated rings. The van der Waals surface area contributed by atoms with Gasteiger partial charge < -0.3 is 0 Å². The molecule has 0 unspecified atom stereocenters. The van der Waals surface area contributed by atoms with Gasteiger partial charge in [0.2, 0.25) is 0 Å². The number of sulfonamides is 1. The number of hydrogen-bond acceptors (Lipinski definition) is 3. The number of aryl methyl sites for hydroxylation is 1. The molecule has 0 aromatic heterocycles. The van der Waals surface area contributed by atoms with Gasteiger partial charge in [-0.2, -0.15) is 0 Å². The monoisotopic (exact) mass is 445 g/mol. The molecule has 1 aromatic carbocycles. The number of carbonyl (C=O) groups is 1. The summed E-state index contributed by atoms with van der Waals surface area (Å²) < 4.78 is 55.9. The topological polar surface area (TPSA) is 134 Å². The van der Waals surface area contributed by atoms with Crippen molar-refractivity contribution >= 4 is 15.9 Å². The molecule has 1 heterocycles. The molecule has 2 rings (SSSR count). The minimum absolute atomic E-state index is 0. The first-order chi connectivity index (χ1) is 13.0. The zero-order valence-corrected chi connectivity index (χ0v) is 16.5. The second-order valence-corrected chi connectivity index (χ2v) is 6.22. The Bertz CT molecular complexity index is 782. The maximum Gasteiger partial charge on any atom is 0 e. The van der Waals surface area contributed by atoms with E-state index in [1.165, 1.54) is 18.2 Å². The van der Waals surface area contributed by atoms with Crippen molar-refractivity contribution in [2.24, 2.45) is 0 Å². The smallest absolute Gasteiger partial charge is 0 e. The van der Waals surface area contributed by atoms with E-state index < -0.39 is 22.0 Å². The number of carbonyl (C=O) groups excluding carboxylic acids is 1. The van der Waals surface area contributed by atoms with E-state index in [0.29, 0.717) is 6.42 Å². The van der Waals surface area contributed by atoms with Crippen LogP contribution >= 0.6 is 0 Å². The summed E-state index contributed by atoms with van der Waals surface area (Å²) in [6.07, 6.45) is 4.90. The molecule has 148 valence electrons. The zero-order chi connectivity index (χ0) is 22.0. The van der Waals surface area contributed by atoms with Gasteiger partial charge in [0.05, 0.1) is 10.9 Å². The number of rotatable bonds is 4. The first-order valence-electron chi connectivity index (χ1n) is 6.72. The van der Waals surface area contributed by atoms with E-state index in [9.17, 15) is 13.2 Å². The van der Waals surface area contributed by atoms with E-state index in [0.717, 1.165) is 9.87 Å². The molecule has 1 atom stereocenters. The molecule has 0 N–H and O–H groups in total. The Morgan fingerprint density at radius 2 is 1.46 bits per heavy atom. The van der Waals surface area contributed by atoms with Gasteiger partial charge in [-0.15, -0.1) is 6.58 Å². The Kier molecular flexibility index (Phi) is 23.0. The molecule has 0 saturated carbocycles. The Morgan fingerprint density at radius 1 is 1.04 bits per heavy atom. The van der Waals surface area contributed by atoms with Crippen LogP contribution in [0.4, 0.5) is 0 Å². The van der Waals surface area contributed by atoms with Crippen molar-refractivity contribution in [2.45, 2.75) is 24.3 Å². The van der Waals surface area contributed by atoms with Gasteiger partial charge in [0.1, 0.15) is 0 Å². The fraction of sp³-hybridized carbons (Fsp3) is 0.167. The van der Waals surface area contributed by atoms with Crippen LogP contribution in [0, 0.1) is 33.5 Å². The van der Waals surface area contributed by atoms with Crippen LogP contribution in [0.25, 0.3) is 0 Å². The third-order valence-corrected chi connectivity index (χ3v) is 4.80. The molecule has 8 nitrogen and oxygen atoms in total. The molecule has 0 spiro atoms. The van der Waals surface area contributed by atoms with E-state index in [-0.39, 0.29) is 22.0 Å². The average molecular weight is 445 g/mol. The Hall–Kier alpha value is -2.40. The summed E-state index contributed by atoms with van der Waals surface area (Å²) in [6, 6.07) is 5.98. The van der Waals surface area contributed by atoms with Crippen molar-refractivity contribution in [1.82, 2.24) is 4.31 Å². The van der Waals surface area contributed by atoms with Gasteiger partial charge in [0.15, 0.2) is 0 Å². The van der Waals surface area contributed by atoms with Crippen molar-refractivity contribution in [1.29, 1.82) is 0 Å². The summed E-state index contributed by atoms with van der Waals surface area (Å²) in [7, 11) is -3.80. The summed E-state index contributed by atoms with van der Waals surface area (Å²) in [5.41, 5.74) is 0.965. The average Bonchev–Trinajstić information content (AvgIpc) is 3.10. The third-order valence-electron chi connectivity index (χ3n) is 2.97. The number of amides is 1. The first kappa shape index (κ1) is 33.2. The van der Waals surface area contributed by atoms with E-state index in [4.69, 9.17) is 18.6 Å². The molecule has 1 aliphatic heterocycles. The molecular formula is C18H15FeNO7S. The van der Waals surface area contributed by atoms with Crippen LogP contribution in [0.15, 0.2) is 54.0 Å². The molecular weight excluding hydrogens is 430 g/mol. The fourth-order valence-electron chi connectivity index (χ4n) is 1.97. The van der Waals surface area contributed by atoms with Gasteiger partial charge in [0.25, 0.3) is 15.9 Å². The second kappa shape index (κ2) is 19.4. The van der Waals surface area contributed by atoms with Crippen LogP contribution in [-0.2, 0) is 50.5 Å². The standard InChI is InChI=1S/C14H15NO3S.4CO.Fe/c1-3-4-12-7-10-14(16)15(12)19(17,18)13-8-5-11(2)6-9-13;4*1-2;/h3,5-10,12H,1,4H2,2H3;;;;;/t12-;;;;;/m0...../s1. The summed E-state index contributed by atoms with van der Waals surface area (Å²) in [6.45, 7) is 23.5. The van der Waals surface area contributed by atoms with Crippen molar-refractivity contribution < 1.29 is 48.9 Å². The third kappa shape index (κ3) is 9.51. The molecule has 0 radical (unpaired) electrons. The van der Waals surface area contributed by atoms with Gasteiger partial charge in [-0.3, -0.25) is 4.79 Å². The maximum atomic E-state index is 12.5. The Labute approximate surface area is 174 Å². The van der Waals surface area contributed by atoms with Crippen LogP contribution in [0.3, 0.4) is 0 Å². The van der Waals surface area contributed by atoms with E-state index >= 15 is 0 Å². The largest absolute Gasteiger partial charge is 0 e. The molecule has 1 amide bonds. The van der Waals surface area contributed by atoms with E-state index in [1.54, 1.807) is 24.3 Å². The fourth-order valence-corrected chi connectivity index (χ4v) is 3.49. The van der Waals surface area contributed by atoms with Crippen LogP contribution < -0.4 is 0 Å². The maximum absolute atomic E-state index is 12.5. The Morgan fingerprint density at radius 3 is 1.86 bits per heavy atom. The minimum atomic E-state index is -3.80. The second-order valence-electron chi connectivity index (χ2n) is 4.40. The van der Waals surface area contributed by atoms with Gasteiger partial charge in [-0.1, -0.05) is 29.8 Å². The molecule has 10 heteroatoms. The predicted molar refractivity (Wildman–Crippen MR) is 88.7 cm³/mol. The molecule has 0 bridgehead atoms.